The van der Waals surface area contributed by atoms with Crippen molar-refractivity contribution in [2.75, 3.05) is 0 Å². The first-order valence-electron chi connectivity index (χ1n) is 8.54. The van der Waals surface area contributed by atoms with Crippen LogP contribution in [0.4, 0.5) is 0 Å². The summed E-state index contributed by atoms with van der Waals surface area (Å²) in [5.41, 5.74) is 5.88. The number of benzene rings is 2. The van der Waals surface area contributed by atoms with Crippen LogP contribution in [0, 0.1) is 0 Å². The minimum Gasteiger partial charge on any atom is -0.248 e. The lowest BCUT2D eigenvalue weighted by Gasteiger charge is -2.18. The Morgan fingerprint density at radius 2 is 1.67 bits per heavy atom. The van der Waals surface area contributed by atoms with E-state index < -0.39 is 8.07 Å². The molecule has 0 aliphatic carbocycles. The van der Waals surface area contributed by atoms with Gasteiger partial charge in [-0.3, -0.25) is 0 Å². The molecule has 2 aromatic carbocycles. The number of nitrogens with zero attached hydrogens (tertiary/aromatic N) is 1. The lowest BCUT2D eigenvalue weighted by molar-refractivity contribution is 1.33. The summed E-state index contributed by atoms with van der Waals surface area (Å²) in [5.74, 6) is 0. The average molecular weight is 332 g/mol. The van der Waals surface area contributed by atoms with Crippen LogP contribution < -0.4 is 5.19 Å². The van der Waals surface area contributed by atoms with Crippen molar-refractivity contribution in [3.8, 4) is 11.1 Å². The third kappa shape index (κ3) is 3.20. The smallest absolute Gasteiger partial charge is 0.0776 e. The Morgan fingerprint density at radius 3 is 2.29 bits per heavy atom. The highest BCUT2D eigenvalue weighted by Crippen LogP contribution is 2.30. The number of rotatable bonds is 3. The number of allylic oxidation sites excluding steroid dienone is 2. The van der Waals surface area contributed by atoms with Crippen molar-refractivity contribution < 1.29 is 0 Å². The first-order chi connectivity index (χ1) is 11.4. The van der Waals surface area contributed by atoms with Gasteiger partial charge in [-0.2, -0.15) is 0 Å². The van der Waals surface area contributed by atoms with Crippen LogP contribution in [0.2, 0.25) is 19.6 Å². The van der Waals surface area contributed by atoms with Gasteiger partial charge < -0.3 is 0 Å². The Balaban J connectivity index is 2.35. The molecule has 0 radical (unpaired) electrons. The van der Waals surface area contributed by atoms with E-state index in [4.69, 9.17) is 4.98 Å². The zero-order chi connectivity index (χ0) is 17.3. The second-order valence-corrected chi connectivity index (χ2v) is 12.5. The second kappa shape index (κ2) is 6.37. The van der Waals surface area contributed by atoms with Crippen molar-refractivity contribution in [2.45, 2.75) is 33.5 Å². The zero-order valence-corrected chi connectivity index (χ0v) is 16.2. The summed E-state index contributed by atoms with van der Waals surface area (Å²) in [6.07, 6.45) is 2.12. The molecule has 0 bridgehead atoms. The van der Waals surface area contributed by atoms with E-state index in [1.165, 1.54) is 27.3 Å². The summed E-state index contributed by atoms with van der Waals surface area (Å²) in [7, 11) is -1.36. The molecule has 0 N–H and O–H groups in total. The van der Waals surface area contributed by atoms with E-state index in [9.17, 15) is 0 Å². The summed E-state index contributed by atoms with van der Waals surface area (Å²) in [4.78, 5) is 4.90. The van der Waals surface area contributed by atoms with E-state index in [2.05, 4.69) is 94.2 Å². The third-order valence-corrected chi connectivity index (χ3v) is 6.64. The van der Waals surface area contributed by atoms with Gasteiger partial charge in [-0.15, -0.1) is 0 Å². The maximum absolute atomic E-state index is 4.90. The molecule has 1 aromatic heterocycles. The molecule has 1 heterocycles. The third-order valence-electron chi connectivity index (χ3n) is 4.60. The van der Waals surface area contributed by atoms with E-state index >= 15 is 0 Å². The number of pyridine rings is 1. The molecule has 122 valence electrons. The highest BCUT2D eigenvalue weighted by Gasteiger charge is 2.18. The summed E-state index contributed by atoms with van der Waals surface area (Å²) in [6, 6.07) is 19.7. The monoisotopic (exact) mass is 331 g/mol. The van der Waals surface area contributed by atoms with Crippen LogP contribution >= 0.6 is 0 Å². The van der Waals surface area contributed by atoms with E-state index in [1.54, 1.807) is 0 Å². The summed E-state index contributed by atoms with van der Waals surface area (Å²) in [6.45, 7) is 11.4. The average Bonchev–Trinajstić information content (AvgIpc) is 2.59. The van der Waals surface area contributed by atoms with E-state index in [0.717, 1.165) is 11.2 Å². The van der Waals surface area contributed by atoms with Crippen LogP contribution in [0.1, 0.15) is 19.5 Å². The fourth-order valence-electron chi connectivity index (χ4n) is 2.90. The molecule has 0 unspecified atom stereocenters. The van der Waals surface area contributed by atoms with Gasteiger partial charge in [0.05, 0.1) is 19.3 Å². The molecule has 1 nitrogen and oxygen atoms in total. The topological polar surface area (TPSA) is 12.9 Å². The molecule has 3 rings (SSSR count). The van der Waals surface area contributed by atoms with E-state index in [0.29, 0.717) is 0 Å². The van der Waals surface area contributed by atoms with Crippen molar-refractivity contribution in [1.29, 1.82) is 0 Å². The first kappa shape index (κ1) is 16.7. The SMILES string of the molecule is C/C=C(\C)c1cc(-c2ccccc2)c2cc([Si](C)(C)C)ccc2n1. The molecule has 0 saturated heterocycles. The van der Waals surface area contributed by atoms with Crippen molar-refractivity contribution in [2.24, 2.45) is 0 Å². The maximum Gasteiger partial charge on any atom is 0.0776 e. The molecule has 3 aromatic rings. The maximum atomic E-state index is 4.90. The fourth-order valence-corrected chi connectivity index (χ4v) is 4.06. The highest BCUT2D eigenvalue weighted by atomic mass is 28.3. The first-order valence-corrected chi connectivity index (χ1v) is 12.0. The number of fused-ring (bicyclic) bond motifs is 1. The summed E-state index contributed by atoms with van der Waals surface area (Å²) in [5, 5.41) is 2.73. The van der Waals surface area contributed by atoms with Gasteiger partial charge >= 0.3 is 0 Å². The van der Waals surface area contributed by atoms with Crippen LogP contribution in [-0.2, 0) is 0 Å². The standard InChI is InChI=1S/C22H25NSi/c1-6-16(2)22-15-19(17-10-8-7-9-11-17)20-14-18(24(3,4)5)12-13-21(20)23-22/h6-15H,1-5H3/b16-6+. The van der Waals surface area contributed by atoms with Crippen LogP contribution in [-0.4, -0.2) is 13.1 Å². The predicted octanol–water partition coefficient (Wildman–Crippen LogP) is 5.87. The highest BCUT2D eigenvalue weighted by molar-refractivity contribution is 6.88. The van der Waals surface area contributed by atoms with Crippen molar-refractivity contribution >= 4 is 29.7 Å². The van der Waals surface area contributed by atoms with Crippen LogP contribution in [0.3, 0.4) is 0 Å². The molecule has 0 aliphatic rings. The van der Waals surface area contributed by atoms with Gasteiger partial charge in [0.15, 0.2) is 0 Å². The fraction of sp³-hybridized carbons (Fsp3) is 0.227. The Morgan fingerprint density at radius 1 is 0.958 bits per heavy atom. The Kier molecular flexibility index (Phi) is 4.42. The minimum absolute atomic E-state index is 1.06. The predicted molar refractivity (Wildman–Crippen MR) is 109 cm³/mol. The Bertz CT molecular complexity index is 902. The molecule has 0 aliphatic heterocycles. The van der Waals surface area contributed by atoms with Gasteiger partial charge in [0.25, 0.3) is 0 Å². The van der Waals surface area contributed by atoms with Gasteiger partial charge in [-0.1, -0.05) is 73.4 Å². The lowest BCUT2D eigenvalue weighted by Crippen LogP contribution is -2.37. The molecular weight excluding hydrogens is 306 g/mol. The second-order valence-electron chi connectivity index (χ2n) is 7.37. The van der Waals surface area contributed by atoms with Gasteiger partial charge in [0, 0.05) is 5.39 Å². The van der Waals surface area contributed by atoms with Crippen molar-refractivity contribution in [1.82, 2.24) is 4.98 Å². The molecule has 0 atom stereocenters. The van der Waals surface area contributed by atoms with Crippen LogP contribution in [0.15, 0.2) is 60.7 Å². The van der Waals surface area contributed by atoms with Gasteiger partial charge in [0.2, 0.25) is 0 Å². The van der Waals surface area contributed by atoms with Crippen molar-refractivity contribution in [3.63, 3.8) is 0 Å². The van der Waals surface area contributed by atoms with Crippen molar-refractivity contribution in [3.05, 3.63) is 66.4 Å². The minimum atomic E-state index is -1.36. The quantitative estimate of drug-likeness (QED) is 0.547. The number of hydrogen-bond donors (Lipinski definition) is 0. The van der Waals surface area contributed by atoms with E-state index in [1.807, 2.05) is 0 Å². The zero-order valence-electron chi connectivity index (χ0n) is 15.2. The number of hydrogen-bond acceptors (Lipinski definition) is 1. The lowest BCUT2D eigenvalue weighted by atomic mass is 9.98. The number of aromatic nitrogens is 1. The molecule has 0 saturated carbocycles. The van der Waals surface area contributed by atoms with Gasteiger partial charge in [-0.25, -0.2) is 4.98 Å². The summed E-state index contributed by atoms with van der Waals surface area (Å²) < 4.78 is 0. The summed E-state index contributed by atoms with van der Waals surface area (Å²) >= 11 is 0. The van der Waals surface area contributed by atoms with Gasteiger partial charge in [0.1, 0.15) is 0 Å². The molecule has 2 heteroatoms. The van der Waals surface area contributed by atoms with Crippen LogP contribution in [0.25, 0.3) is 27.6 Å². The Hall–Kier alpha value is -2.19. The Labute approximate surface area is 146 Å². The molecule has 0 amide bonds. The normalized spacial score (nSPS) is 12.6. The largest absolute Gasteiger partial charge is 0.248 e. The van der Waals surface area contributed by atoms with E-state index in [-0.39, 0.29) is 0 Å². The molecule has 24 heavy (non-hydrogen) atoms. The molecule has 0 spiro atoms. The van der Waals surface area contributed by atoms with Gasteiger partial charge in [-0.05, 0) is 42.7 Å². The molecular formula is C22H25NSi. The van der Waals surface area contributed by atoms with Crippen LogP contribution in [0.5, 0.6) is 0 Å². The molecule has 0 fully saturated rings.